The third-order valence-electron chi connectivity index (χ3n) is 4.85. The van der Waals surface area contributed by atoms with Gasteiger partial charge in [-0.15, -0.1) is 0 Å². The zero-order valence-corrected chi connectivity index (χ0v) is 17.7. The van der Waals surface area contributed by atoms with Crippen LogP contribution in [0.2, 0.25) is 0 Å². The number of anilines is 2. The maximum Gasteiger partial charge on any atom is 0.319 e. The molecule has 2 aromatic carbocycles. The minimum absolute atomic E-state index is 0.192. The number of rotatable bonds is 6. The third-order valence-corrected chi connectivity index (χ3v) is 6.89. The number of carbonyl (C=O) groups is 2. The van der Waals surface area contributed by atoms with E-state index in [9.17, 15) is 18.0 Å². The molecule has 0 radical (unpaired) electrons. The van der Waals surface area contributed by atoms with Crippen molar-refractivity contribution in [1.82, 2.24) is 9.62 Å². The zero-order valence-electron chi connectivity index (χ0n) is 16.8. The number of amides is 3. The monoisotopic (exact) mass is 430 g/mol. The summed E-state index contributed by atoms with van der Waals surface area (Å²) in [6, 6.07) is 13.2. The Morgan fingerprint density at radius 2 is 1.63 bits per heavy atom. The highest BCUT2D eigenvalue weighted by Crippen LogP contribution is 2.26. The number of urea groups is 1. The molecule has 1 saturated heterocycles. The average Bonchev–Trinajstić information content (AvgIpc) is 2.75. The summed E-state index contributed by atoms with van der Waals surface area (Å²) in [5, 5.41) is 7.73. The molecule has 3 rings (SSSR count). The van der Waals surface area contributed by atoms with Crippen molar-refractivity contribution in [2.45, 2.75) is 31.1 Å². The van der Waals surface area contributed by atoms with Crippen LogP contribution in [0.3, 0.4) is 0 Å². The zero-order chi connectivity index (χ0) is 21.6. The number of hydrogen-bond acceptors (Lipinski definition) is 4. The Morgan fingerprint density at radius 3 is 2.33 bits per heavy atom. The molecule has 0 aliphatic carbocycles. The van der Waals surface area contributed by atoms with Crippen LogP contribution in [0.15, 0.2) is 53.4 Å². The molecule has 2 aromatic rings. The minimum Gasteiger partial charge on any atom is -0.329 e. The van der Waals surface area contributed by atoms with Gasteiger partial charge in [-0.2, -0.15) is 4.31 Å². The van der Waals surface area contributed by atoms with Crippen molar-refractivity contribution in [2.75, 3.05) is 30.3 Å². The number of benzene rings is 2. The van der Waals surface area contributed by atoms with E-state index in [1.807, 2.05) is 6.07 Å². The van der Waals surface area contributed by atoms with Crippen LogP contribution in [-0.2, 0) is 14.8 Å². The van der Waals surface area contributed by atoms with Crippen molar-refractivity contribution < 1.29 is 18.0 Å². The van der Waals surface area contributed by atoms with E-state index < -0.39 is 22.0 Å². The largest absolute Gasteiger partial charge is 0.329 e. The quantitative estimate of drug-likeness (QED) is 0.655. The molecule has 3 amide bonds. The highest BCUT2D eigenvalue weighted by atomic mass is 32.2. The molecule has 8 nitrogen and oxygen atoms in total. The summed E-state index contributed by atoms with van der Waals surface area (Å²) in [6.07, 6.45) is 2.74. The first-order chi connectivity index (χ1) is 14.4. The molecule has 1 aliphatic heterocycles. The van der Waals surface area contributed by atoms with E-state index in [0.717, 1.165) is 19.3 Å². The molecule has 160 valence electrons. The van der Waals surface area contributed by atoms with Gasteiger partial charge in [-0.05, 0) is 49.6 Å². The standard InChI is InChI=1S/C21H26N4O4S/c1-16-10-11-18(14-19(16)30(28,29)25-12-6-3-7-13-25)23-20(26)15-22-21(27)24-17-8-4-2-5-9-17/h2,4-5,8-11,14H,3,6-7,12-13,15H2,1H3,(H,23,26)(H2,22,24,27). The van der Waals surface area contributed by atoms with E-state index in [4.69, 9.17) is 0 Å². The molecule has 0 aromatic heterocycles. The minimum atomic E-state index is -3.61. The first kappa shape index (κ1) is 21.8. The molecular weight excluding hydrogens is 404 g/mol. The number of carbonyl (C=O) groups excluding carboxylic acids is 2. The van der Waals surface area contributed by atoms with Crippen LogP contribution >= 0.6 is 0 Å². The van der Waals surface area contributed by atoms with Crippen LogP contribution in [0.25, 0.3) is 0 Å². The molecule has 0 unspecified atom stereocenters. The van der Waals surface area contributed by atoms with E-state index in [1.54, 1.807) is 43.3 Å². The van der Waals surface area contributed by atoms with Crippen molar-refractivity contribution in [3.63, 3.8) is 0 Å². The van der Waals surface area contributed by atoms with Gasteiger partial charge in [0.15, 0.2) is 0 Å². The molecule has 0 spiro atoms. The highest BCUT2D eigenvalue weighted by Gasteiger charge is 2.27. The van der Waals surface area contributed by atoms with Gasteiger partial charge in [0.05, 0.1) is 11.4 Å². The highest BCUT2D eigenvalue weighted by molar-refractivity contribution is 7.89. The topological polar surface area (TPSA) is 108 Å². The lowest BCUT2D eigenvalue weighted by Gasteiger charge is -2.26. The molecule has 0 bridgehead atoms. The Hall–Kier alpha value is -2.91. The molecule has 3 N–H and O–H groups in total. The van der Waals surface area contributed by atoms with Crippen molar-refractivity contribution in [2.24, 2.45) is 0 Å². The lowest BCUT2D eigenvalue weighted by Crippen LogP contribution is -2.36. The molecular formula is C21H26N4O4S. The normalized spacial score (nSPS) is 14.7. The van der Waals surface area contributed by atoms with Gasteiger partial charge in [0.1, 0.15) is 0 Å². The predicted octanol–water partition coefficient (Wildman–Crippen LogP) is 2.93. The number of para-hydroxylation sites is 1. The SMILES string of the molecule is Cc1ccc(NC(=O)CNC(=O)Nc2ccccc2)cc1S(=O)(=O)N1CCCCC1. The lowest BCUT2D eigenvalue weighted by molar-refractivity contribution is -0.115. The van der Waals surface area contributed by atoms with Gasteiger partial charge in [-0.3, -0.25) is 4.79 Å². The summed E-state index contributed by atoms with van der Waals surface area (Å²) in [7, 11) is -3.61. The lowest BCUT2D eigenvalue weighted by atomic mass is 10.2. The fourth-order valence-electron chi connectivity index (χ4n) is 3.26. The van der Waals surface area contributed by atoms with Crippen molar-refractivity contribution in [3.8, 4) is 0 Å². The maximum atomic E-state index is 13.0. The van der Waals surface area contributed by atoms with E-state index in [-0.39, 0.29) is 11.4 Å². The Balaban J connectivity index is 1.60. The van der Waals surface area contributed by atoms with Crippen LogP contribution in [-0.4, -0.2) is 44.3 Å². The molecule has 1 aliphatic rings. The summed E-state index contributed by atoms with van der Waals surface area (Å²) in [6.45, 7) is 2.51. The summed E-state index contributed by atoms with van der Waals surface area (Å²) in [5.74, 6) is -0.455. The summed E-state index contributed by atoms with van der Waals surface area (Å²) in [4.78, 5) is 24.3. The van der Waals surface area contributed by atoms with Gasteiger partial charge in [0.2, 0.25) is 15.9 Å². The second-order valence-corrected chi connectivity index (χ2v) is 9.07. The van der Waals surface area contributed by atoms with Crippen LogP contribution < -0.4 is 16.0 Å². The van der Waals surface area contributed by atoms with E-state index in [2.05, 4.69) is 16.0 Å². The van der Waals surface area contributed by atoms with Crippen molar-refractivity contribution in [3.05, 3.63) is 54.1 Å². The third kappa shape index (κ3) is 5.58. The number of piperidine rings is 1. The maximum absolute atomic E-state index is 13.0. The van der Waals surface area contributed by atoms with E-state index >= 15 is 0 Å². The smallest absolute Gasteiger partial charge is 0.319 e. The Kier molecular flexibility index (Phi) is 7.07. The molecule has 9 heteroatoms. The fourth-order valence-corrected chi connectivity index (χ4v) is 5.03. The summed E-state index contributed by atoms with van der Waals surface area (Å²) >= 11 is 0. The van der Waals surface area contributed by atoms with Crippen LogP contribution in [0.5, 0.6) is 0 Å². The van der Waals surface area contributed by atoms with Gasteiger partial charge in [0, 0.05) is 24.5 Å². The van der Waals surface area contributed by atoms with Gasteiger partial charge in [0.25, 0.3) is 0 Å². The summed E-state index contributed by atoms with van der Waals surface area (Å²) in [5.41, 5.74) is 1.60. The fraction of sp³-hybridized carbons (Fsp3) is 0.333. The number of nitrogens with zero attached hydrogens (tertiary/aromatic N) is 1. The van der Waals surface area contributed by atoms with E-state index in [1.165, 1.54) is 10.4 Å². The number of aryl methyl sites for hydroxylation is 1. The van der Waals surface area contributed by atoms with Crippen molar-refractivity contribution >= 4 is 33.3 Å². The predicted molar refractivity (Wildman–Crippen MR) is 116 cm³/mol. The second-order valence-electron chi connectivity index (χ2n) is 7.17. The molecule has 0 saturated carbocycles. The molecule has 1 fully saturated rings. The number of nitrogens with one attached hydrogen (secondary N) is 3. The van der Waals surface area contributed by atoms with E-state index in [0.29, 0.717) is 30.0 Å². The van der Waals surface area contributed by atoms with Gasteiger partial charge in [-0.25, -0.2) is 13.2 Å². The Morgan fingerprint density at radius 1 is 0.933 bits per heavy atom. The van der Waals surface area contributed by atoms with Crippen molar-refractivity contribution in [1.29, 1.82) is 0 Å². The van der Waals surface area contributed by atoms with Crippen LogP contribution in [0, 0.1) is 6.92 Å². The number of sulfonamides is 1. The first-order valence-electron chi connectivity index (χ1n) is 9.87. The Labute approximate surface area is 176 Å². The number of hydrogen-bond donors (Lipinski definition) is 3. The van der Waals surface area contributed by atoms with Gasteiger partial charge >= 0.3 is 6.03 Å². The van der Waals surface area contributed by atoms with Gasteiger partial charge < -0.3 is 16.0 Å². The second kappa shape index (κ2) is 9.73. The first-order valence-corrected chi connectivity index (χ1v) is 11.3. The summed E-state index contributed by atoms with van der Waals surface area (Å²) < 4.78 is 27.5. The van der Waals surface area contributed by atoms with Crippen LogP contribution in [0.4, 0.5) is 16.2 Å². The molecule has 30 heavy (non-hydrogen) atoms. The van der Waals surface area contributed by atoms with Crippen LogP contribution in [0.1, 0.15) is 24.8 Å². The molecule has 0 atom stereocenters. The molecule has 1 heterocycles. The van der Waals surface area contributed by atoms with Gasteiger partial charge in [-0.1, -0.05) is 30.7 Å². The average molecular weight is 431 g/mol. The Bertz CT molecular complexity index is 1000.